The second kappa shape index (κ2) is 7.96. The third-order valence-electron chi connectivity index (χ3n) is 2.58. The predicted octanol–water partition coefficient (Wildman–Crippen LogP) is 2.44. The molecule has 0 saturated heterocycles. The fourth-order valence-corrected chi connectivity index (χ4v) is 1.69. The van der Waals surface area contributed by atoms with E-state index in [-0.39, 0.29) is 35.8 Å². The molecule has 0 spiro atoms. The molecular weight excluding hydrogens is 384 g/mol. The van der Waals surface area contributed by atoms with Crippen molar-refractivity contribution in [3.63, 3.8) is 0 Å². The number of aliphatic imine (C=N–C) groups is 1. The van der Waals surface area contributed by atoms with Gasteiger partial charge >= 0.3 is 0 Å². The van der Waals surface area contributed by atoms with Crippen LogP contribution in [0.15, 0.2) is 41.5 Å². The summed E-state index contributed by atoms with van der Waals surface area (Å²) >= 11 is 0. The lowest BCUT2D eigenvalue weighted by atomic mass is 10.3. The Morgan fingerprint density at radius 3 is 2.62 bits per heavy atom. The fraction of sp³-hybridized carbons (Fsp3) is 0.286. The average Bonchev–Trinajstić information content (AvgIpc) is 2.85. The van der Waals surface area contributed by atoms with E-state index in [1.165, 1.54) is 12.1 Å². The highest BCUT2D eigenvalue weighted by Gasteiger charge is 2.02. The molecule has 0 aliphatic heterocycles. The van der Waals surface area contributed by atoms with E-state index in [0.29, 0.717) is 12.5 Å². The molecule has 0 aliphatic rings. The number of hydrogen-bond donors (Lipinski definition) is 2. The molecule has 0 atom stereocenters. The van der Waals surface area contributed by atoms with Crippen molar-refractivity contribution in [2.45, 2.75) is 26.4 Å². The first-order chi connectivity index (χ1) is 9.54. The molecule has 2 rings (SSSR count). The Morgan fingerprint density at radius 1 is 1.33 bits per heavy atom. The average molecular weight is 403 g/mol. The highest BCUT2D eigenvalue weighted by molar-refractivity contribution is 14.0. The third kappa shape index (κ3) is 5.33. The van der Waals surface area contributed by atoms with E-state index in [1.54, 1.807) is 16.8 Å². The van der Waals surface area contributed by atoms with Gasteiger partial charge in [0.25, 0.3) is 0 Å². The van der Waals surface area contributed by atoms with E-state index in [1.807, 2.05) is 26.1 Å². The Labute approximate surface area is 140 Å². The Kier molecular flexibility index (Phi) is 6.60. The van der Waals surface area contributed by atoms with Crippen LogP contribution in [0.25, 0.3) is 5.69 Å². The van der Waals surface area contributed by atoms with Gasteiger partial charge in [-0.05, 0) is 44.2 Å². The molecule has 21 heavy (non-hydrogen) atoms. The minimum Gasteiger partial charge on any atom is -0.370 e. The minimum atomic E-state index is -0.265. The van der Waals surface area contributed by atoms with E-state index in [2.05, 4.69) is 15.4 Å². The van der Waals surface area contributed by atoms with Gasteiger partial charge in [-0.25, -0.2) is 14.1 Å². The lowest BCUT2D eigenvalue weighted by molar-refractivity contribution is 0.627. The smallest absolute Gasteiger partial charge is 0.189 e. The maximum atomic E-state index is 12.9. The quantitative estimate of drug-likeness (QED) is 0.468. The number of halogens is 2. The van der Waals surface area contributed by atoms with Crippen LogP contribution in [0.3, 0.4) is 0 Å². The number of guanidine groups is 1. The SMILES string of the molecule is CC(C)NC(N)=NCc1ccn(-c2ccc(F)cc2)n1.I. The molecule has 0 radical (unpaired) electrons. The summed E-state index contributed by atoms with van der Waals surface area (Å²) in [5.74, 6) is 0.134. The van der Waals surface area contributed by atoms with Crippen molar-refractivity contribution in [3.05, 3.63) is 48.0 Å². The monoisotopic (exact) mass is 403 g/mol. The molecule has 0 saturated carbocycles. The van der Waals surface area contributed by atoms with Gasteiger partial charge in [0, 0.05) is 12.2 Å². The summed E-state index contributed by atoms with van der Waals surface area (Å²) in [4.78, 5) is 4.20. The maximum Gasteiger partial charge on any atom is 0.189 e. The summed E-state index contributed by atoms with van der Waals surface area (Å²) in [7, 11) is 0. The van der Waals surface area contributed by atoms with Gasteiger partial charge in [-0.3, -0.25) is 0 Å². The molecular formula is C14H19FIN5. The summed E-state index contributed by atoms with van der Waals surface area (Å²) in [6.45, 7) is 4.39. The van der Waals surface area contributed by atoms with Gasteiger partial charge in [0.1, 0.15) is 5.82 Å². The van der Waals surface area contributed by atoms with Gasteiger partial charge in [0.2, 0.25) is 0 Å². The third-order valence-corrected chi connectivity index (χ3v) is 2.58. The molecule has 0 aliphatic carbocycles. The Morgan fingerprint density at radius 2 is 2.00 bits per heavy atom. The van der Waals surface area contributed by atoms with Crippen LogP contribution >= 0.6 is 24.0 Å². The van der Waals surface area contributed by atoms with E-state index in [9.17, 15) is 4.39 Å². The zero-order valence-electron chi connectivity index (χ0n) is 12.0. The lowest BCUT2D eigenvalue weighted by Crippen LogP contribution is -2.36. The summed E-state index contributed by atoms with van der Waals surface area (Å²) in [6.07, 6.45) is 1.81. The highest BCUT2D eigenvalue weighted by Crippen LogP contribution is 2.09. The number of hydrogen-bond acceptors (Lipinski definition) is 2. The van der Waals surface area contributed by atoms with Gasteiger partial charge < -0.3 is 11.1 Å². The van der Waals surface area contributed by atoms with E-state index in [0.717, 1.165) is 11.4 Å². The molecule has 1 heterocycles. The topological polar surface area (TPSA) is 68.2 Å². The van der Waals surface area contributed by atoms with Gasteiger partial charge in [-0.1, -0.05) is 0 Å². The van der Waals surface area contributed by atoms with Crippen LogP contribution in [0.4, 0.5) is 4.39 Å². The van der Waals surface area contributed by atoms with Crippen LogP contribution in [0, 0.1) is 5.82 Å². The molecule has 5 nitrogen and oxygen atoms in total. The van der Waals surface area contributed by atoms with Crippen LogP contribution in [0.2, 0.25) is 0 Å². The number of aromatic nitrogens is 2. The van der Waals surface area contributed by atoms with Crippen molar-refractivity contribution in [1.82, 2.24) is 15.1 Å². The second-order valence-corrected chi connectivity index (χ2v) is 4.73. The normalized spacial score (nSPS) is 11.3. The zero-order valence-corrected chi connectivity index (χ0v) is 14.3. The Bertz CT molecular complexity index is 592. The van der Waals surface area contributed by atoms with Crippen molar-refractivity contribution >= 4 is 29.9 Å². The molecule has 1 aromatic carbocycles. The number of nitrogens with zero attached hydrogens (tertiary/aromatic N) is 3. The summed E-state index contributed by atoms with van der Waals surface area (Å²) in [5.41, 5.74) is 7.31. The number of rotatable bonds is 4. The summed E-state index contributed by atoms with van der Waals surface area (Å²) < 4.78 is 14.5. The zero-order chi connectivity index (χ0) is 14.5. The molecule has 2 aromatic rings. The molecule has 0 amide bonds. The maximum absolute atomic E-state index is 12.9. The Balaban J connectivity index is 0.00000220. The lowest BCUT2D eigenvalue weighted by Gasteiger charge is -2.07. The molecule has 0 fully saturated rings. The van der Waals surface area contributed by atoms with Gasteiger partial charge in [0.05, 0.1) is 17.9 Å². The summed E-state index contributed by atoms with van der Waals surface area (Å²) in [6, 6.07) is 8.25. The van der Waals surface area contributed by atoms with Crippen LogP contribution in [0.5, 0.6) is 0 Å². The van der Waals surface area contributed by atoms with E-state index in [4.69, 9.17) is 5.73 Å². The van der Waals surface area contributed by atoms with Gasteiger partial charge in [-0.15, -0.1) is 24.0 Å². The van der Waals surface area contributed by atoms with Crippen molar-refractivity contribution < 1.29 is 4.39 Å². The van der Waals surface area contributed by atoms with Gasteiger partial charge in [-0.2, -0.15) is 5.10 Å². The molecule has 114 valence electrons. The van der Waals surface area contributed by atoms with Crippen LogP contribution in [-0.4, -0.2) is 21.8 Å². The van der Waals surface area contributed by atoms with Crippen molar-refractivity contribution in [3.8, 4) is 5.69 Å². The largest absolute Gasteiger partial charge is 0.370 e. The molecule has 1 aromatic heterocycles. The Hall–Kier alpha value is -1.64. The van der Waals surface area contributed by atoms with Crippen LogP contribution in [0.1, 0.15) is 19.5 Å². The van der Waals surface area contributed by atoms with E-state index >= 15 is 0 Å². The molecule has 0 unspecified atom stereocenters. The second-order valence-electron chi connectivity index (χ2n) is 4.73. The van der Waals surface area contributed by atoms with Gasteiger partial charge in [0.15, 0.2) is 5.96 Å². The fourth-order valence-electron chi connectivity index (χ4n) is 1.69. The molecule has 7 heteroatoms. The molecule has 0 bridgehead atoms. The van der Waals surface area contributed by atoms with E-state index < -0.39 is 0 Å². The minimum absolute atomic E-state index is 0. The van der Waals surface area contributed by atoms with Crippen molar-refractivity contribution in [2.24, 2.45) is 10.7 Å². The first-order valence-corrected chi connectivity index (χ1v) is 6.41. The summed E-state index contributed by atoms with van der Waals surface area (Å²) in [5, 5.41) is 7.37. The number of nitrogens with one attached hydrogen (secondary N) is 1. The number of benzene rings is 1. The highest BCUT2D eigenvalue weighted by atomic mass is 127. The first kappa shape index (κ1) is 17.4. The van der Waals surface area contributed by atoms with Crippen LogP contribution < -0.4 is 11.1 Å². The van der Waals surface area contributed by atoms with Crippen molar-refractivity contribution in [2.75, 3.05) is 0 Å². The molecule has 3 N–H and O–H groups in total. The predicted molar refractivity (Wildman–Crippen MR) is 92.5 cm³/mol. The van der Waals surface area contributed by atoms with Crippen LogP contribution in [-0.2, 0) is 6.54 Å². The van der Waals surface area contributed by atoms with Crippen molar-refractivity contribution in [1.29, 1.82) is 0 Å². The first-order valence-electron chi connectivity index (χ1n) is 6.41. The number of nitrogens with two attached hydrogens (primary N) is 1. The standard InChI is InChI=1S/C14H18FN5.HI/c1-10(2)18-14(16)17-9-12-7-8-20(19-12)13-5-3-11(15)4-6-13;/h3-8,10H,9H2,1-2H3,(H3,16,17,18);1H.